The monoisotopic (exact) mass is 375 g/mol. The van der Waals surface area contributed by atoms with Gasteiger partial charge in [0.25, 0.3) is 11.5 Å². The van der Waals surface area contributed by atoms with Crippen molar-refractivity contribution < 1.29 is 18.7 Å². The van der Waals surface area contributed by atoms with Gasteiger partial charge in [-0.2, -0.15) is 0 Å². The second-order valence-corrected chi connectivity index (χ2v) is 5.79. The number of carbonyl (C=O) groups excluding carboxylic acids is 2. The number of esters is 1. The lowest BCUT2D eigenvalue weighted by Gasteiger charge is -2.07. The summed E-state index contributed by atoms with van der Waals surface area (Å²) >= 11 is 5.98. The van der Waals surface area contributed by atoms with Crippen molar-refractivity contribution >= 4 is 34.6 Å². The number of benzene rings is 1. The average Bonchev–Trinajstić information content (AvgIpc) is 2.96. The third-order valence-electron chi connectivity index (χ3n) is 3.64. The molecule has 1 amide bonds. The molecule has 0 aliphatic carbocycles. The van der Waals surface area contributed by atoms with E-state index in [-0.39, 0.29) is 35.6 Å². The van der Waals surface area contributed by atoms with Gasteiger partial charge in [0.1, 0.15) is 24.3 Å². The van der Waals surface area contributed by atoms with Crippen LogP contribution in [0.4, 0.5) is 0 Å². The molecule has 0 saturated carbocycles. The van der Waals surface area contributed by atoms with E-state index in [0.29, 0.717) is 10.6 Å². The number of hydrogen-bond acceptors (Lipinski definition) is 6. The summed E-state index contributed by atoms with van der Waals surface area (Å²) < 4.78 is 10.4. The van der Waals surface area contributed by atoms with Crippen molar-refractivity contribution in [1.82, 2.24) is 15.3 Å². The maximum absolute atomic E-state index is 12.3. The first-order valence-corrected chi connectivity index (χ1v) is 7.99. The number of H-pyrrole nitrogens is 1. The highest BCUT2D eigenvalue weighted by atomic mass is 35.5. The van der Waals surface area contributed by atoms with Crippen LogP contribution in [0.15, 0.2) is 39.8 Å². The molecule has 3 aromatic rings. The quantitative estimate of drug-likeness (QED) is 0.659. The van der Waals surface area contributed by atoms with E-state index in [1.54, 1.807) is 24.3 Å². The first kappa shape index (κ1) is 17.7. The van der Waals surface area contributed by atoms with Crippen LogP contribution < -0.4 is 10.9 Å². The van der Waals surface area contributed by atoms with Crippen molar-refractivity contribution in [2.45, 2.75) is 13.5 Å². The van der Waals surface area contributed by atoms with Gasteiger partial charge in [0.05, 0.1) is 11.9 Å². The summed E-state index contributed by atoms with van der Waals surface area (Å²) in [6.45, 7) is 1.16. The molecule has 0 bridgehead atoms. The second kappa shape index (κ2) is 7.40. The van der Waals surface area contributed by atoms with Gasteiger partial charge in [0.15, 0.2) is 0 Å². The van der Waals surface area contributed by atoms with Gasteiger partial charge in [-0.15, -0.1) is 0 Å². The Hall–Kier alpha value is -3.13. The molecule has 0 fully saturated rings. The van der Waals surface area contributed by atoms with Crippen LogP contribution in [0.1, 0.15) is 21.7 Å². The number of aryl methyl sites for hydroxylation is 1. The number of aromatic nitrogens is 2. The number of fused-ring (bicyclic) bond motifs is 1. The zero-order valence-corrected chi connectivity index (χ0v) is 14.4. The van der Waals surface area contributed by atoms with Gasteiger partial charge in [-0.05, 0) is 13.0 Å². The van der Waals surface area contributed by atoms with E-state index in [0.717, 1.165) is 0 Å². The number of furan rings is 1. The molecule has 26 heavy (non-hydrogen) atoms. The standard InChI is InChI=1S/C17H14ClN3O5/c1-9-13(14-16(24)20-8-21-17(14)26-9)15(23)19-6-12(22)25-7-10-4-2-3-5-11(10)18/h2-5,8H,6-7H2,1H3,(H,19,23)(H,20,21,24). The summed E-state index contributed by atoms with van der Waals surface area (Å²) in [7, 11) is 0. The van der Waals surface area contributed by atoms with E-state index in [9.17, 15) is 14.4 Å². The van der Waals surface area contributed by atoms with Crippen molar-refractivity contribution in [3.63, 3.8) is 0 Å². The highest BCUT2D eigenvalue weighted by Crippen LogP contribution is 2.20. The van der Waals surface area contributed by atoms with Gasteiger partial charge in [0.2, 0.25) is 5.71 Å². The molecule has 0 atom stereocenters. The van der Waals surface area contributed by atoms with Gasteiger partial charge >= 0.3 is 5.97 Å². The molecule has 0 spiro atoms. The number of ether oxygens (including phenoxy) is 1. The molecule has 8 nitrogen and oxygen atoms in total. The van der Waals surface area contributed by atoms with Crippen LogP contribution in [-0.4, -0.2) is 28.4 Å². The van der Waals surface area contributed by atoms with Crippen molar-refractivity contribution in [3.05, 3.63) is 62.9 Å². The minimum Gasteiger partial charge on any atom is -0.459 e. The normalized spacial score (nSPS) is 10.7. The predicted molar refractivity (Wildman–Crippen MR) is 92.9 cm³/mol. The number of amides is 1. The van der Waals surface area contributed by atoms with E-state index in [4.69, 9.17) is 20.8 Å². The van der Waals surface area contributed by atoms with Crippen LogP contribution in [0.3, 0.4) is 0 Å². The van der Waals surface area contributed by atoms with Gasteiger partial charge in [0, 0.05) is 10.6 Å². The van der Waals surface area contributed by atoms with Crippen LogP contribution in [-0.2, 0) is 16.1 Å². The summed E-state index contributed by atoms with van der Waals surface area (Å²) in [4.78, 5) is 42.3. The topological polar surface area (TPSA) is 114 Å². The number of rotatable bonds is 5. The summed E-state index contributed by atoms with van der Waals surface area (Å²) in [6.07, 6.45) is 1.18. The molecule has 3 rings (SSSR count). The van der Waals surface area contributed by atoms with E-state index >= 15 is 0 Å². The average molecular weight is 376 g/mol. The fourth-order valence-electron chi connectivity index (χ4n) is 2.39. The molecule has 2 heterocycles. The zero-order valence-electron chi connectivity index (χ0n) is 13.7. The first-order chi connectivity index (χ1) is 12.5. The second-order valence-electron chi connectivity index (χ2n) is 5.38. The first-order valence-electron chi connectivity index (χ1n) is 7.61. The fourth-order valence-corrected chi connectivity index (χ4v) is 2.58. The summed E-state index contributed by atoms with van der Waals surface area (Å²) in [6, 6.07) is 6.95. The van der Waals surface area contributed by atoms with Gasteiger partial charge < -0.3 is 19.5 Å². The van der Waals surface area contributed by atoms with Crippen LogP contribution >= 0.6 is 11.6 Å². The molecule has 0 saturated heterocycles. The maximum atomic E-state index is 12.3. The minimum absolute atomic E-state index is 0.00830. The molecule has 2 aromatic heterocycles. The lowest BCUT2D eigenvalue weighted by atomic mass is 10.2. The molecule has 0 aliphatic heterocycles. The van der Waals surface area contributed by atoms with Gasteiger partial charge in [-0.3, -0.25) is 14.4 Å². The molecule has 9 heteroatoms. The number of halogens is 1. The zero-order chi connectivity index (χ0) is 18.7. The number of hydrogen-bond donors (Lipinski definition) is 2. The Kier molecular flexibility index (Phi) is 5.04. The molecule has 134 valence electrons. The Balaban J connectivity index is 1.64. The number of aromatic amines is 1. The summed E-state index contributed by atoms with van der Waals surface area (Å²) in [5.74, 6) is -1.05. The molecular weight excluding hydrogens is 362 g/mol. The maximum Gasteiger partial charge on any atom is 0.325 e. The SMILES string of the molecule is Cc1oc2nc[nH]c(=O)c2c1C(=O)NCC(=O)OCc1ccccc1Cl. The molecule has 0 aliphatic rings. The number of carbonyl (C=O) groups is 2. The lowest BCUT2D eigenvalue weighted by Crippen LogP contribution is -2.31. The third-order valence-corrected chi connectivity index (χ3v) is 4.01. The minimum atomic E-state index is -0.643. The Morgan fingerprint density at radius 2 is 2.12 bits per heavy atom. The smallest absolute Gasteiger partial charge is 0.325 e. The van der Waals surface area contributed by atoms with E-state index in [1.807, 2.05) is 0 Å². The van der Waals surface area contributed by atoms with Crippen molar-refractivity contribution in [2.24, 2.45) is 0 Å². The van der Waals surface area contributed by atoms with E-state index in [2.05, 4.69) is 15.3 Å². The fraction of sp³-hybridized carbons (Fsp3) is 0.176. The lowest BCUT2D eigenvalue weighted by molar-refractivity contribution is -0.143. The van der Waals surface area contributed by atoms with E-state index in [1.165, 1.54) is 13.3 Å². The molecule has 1 aromatic carbocycles. The Labute approximate surface area is 152 Å². The van der Waals surface area contributed by atoms with Crippen LogP contribution in [0.2, 0.25) is 5.02 Å². The van der Waals surface area contributed by atoms with Crippen LogP contribution in [0, 0.1) is 6.92 Å². The van der Waals surface area contributed by atoms with Crippen molar-refractivity contribution in [2.75, 3.05) is 6.54 Å². The van der Waals surface area contributed by atoms with Crippen LogP contribution in [0.25, 0.3) is 11.1 Å². The molecule has 0 unspecified atom stereocenters. The highest BCUT2D eigenvalue weighted by Gasteiger charge is 2.22. The molecule has 0 radical (unpaired) electrons. The molecule has 2 N–H and O–H groups in total. The Bertz CT molecular complexity index is 1040. The van der Waals surface area contributed by atoms with Crippen molar-refractivity contribution in [3.8, 4) is 0 Å². The number of nitrogens with one attached hydrogen (secondary N) is 2. The van der Waals surface area contributed by atoms with E-state index < -0.39 is 17.4 Å². The highest BCUT2D eigenvalue weighted by molar-refractivity contribution is 6.31. The predicted octanol–water partition coefficient (Wildman–Crippen LogP) is 1.95. The summed E-state index contributed by atoms with van der Waals surface area (Å²) in [5, 5.41) is 2.93. The van der Waals surface area contributed by atoms with Gasteiger partial charge in [-0.1, -0.05) is 29.8 Å². The largest absolute Gasteiger partial charge is 0.459 e. The van der Waals surface area contributed by atoms with Gasteiger partial charge in [-0.25, -0.2) is 4.98 Å². The summed E-state index contributed by atoms with van der Waals surface area (Å²) in [5.41, 5.74) is 0.243. The van der Waals surface area contributed by atoms with Crippen molar-refractivity contribution in [1.29, 1.82) is 0 Å². The Morgan fingerprint density at radius 3 is 2.88 bits per heavy atom. The van der Waals surface area contributed by atoms with Crippen LogP contribution in [0.5, 0.6) is 0 Å². The third kappa shape index (κ3) is 3.60. The number of nitrogens with zero attached hydrogens (tertiary/aromatic N) is 1. The molecular formula is C17H14ClN3O5. The Morgan fingerprint density at radius 1 is 1.35 bits per heavy atom.